The first-order valence-electron chi connectivity index (χ1n) is 9.24. The third-order valence-corrected chi connectivity index (χ3v) is 5.01. The Morgan fingerprint density at radius 3 is 2.26 bits per heavy atom. The van der Waals surface area contributed by atoms with Crippen LogP contribution in [-0.2, 0) is 15.7 Å². The summed E-state index contributed by atoms with van der Waals surface area (Å²) in [5.41, 5.74) is -1.35. The Morgan fingerprint density at radius 1 is 1.15 bits per heavy atom. The van der Waals surface area contributed by atoms with Gasteiger partial charge in [-0.15, -0.1) is 5.06 Å². The van der Waals surface area contributed by atoms with Gasteiger partial charge in [0.15, 0.2) is 0 Å². The predicted molar refractivity (Wildman–Crippen MR) is 91.7 cm³/mol. The maximum atomic E-state index is 12.7. The molecule has 0 aromatic carbocycles. The molecule has 3 rings (SSSR count). The molecule has 2 aliphatic heterocycles. The second-order valence-electron chi connectivity index (χ2n) is 8.32. The van der Waals surface area contributed by atoms with Gasteiger partial charge in [-0.2, -0.15) is 13.2 Å². The molecule has 0 spiro atoms. The molecule has 3 heterocycles. The summed E-state index contributed by atoms with van der Waals surface area (Å²) in [4.78, 5) is 21.8. The summed E-state index contributed by atoms with van der Waals surface area (Å²) in [7, 11) is 0. The average molecular weight is 386 g/mol. The van der Waals surface area contributed by atoms with Gasteiger partial charge in [-0.05, 0) is 39.7 Å². The average Bonchev–Trinajstić information content (AvgIpc) is 2.54. The SMILES string of the molecule is CC(C)(C)C(=O)OC1CC2CCCC(C1)N2Oc1ccc(C(F)(F)F)cn1. The topological polar surface area (TPSA) is 51.7 Å². The van der Waals surface area contributed by atoms with Crippen molar-refractivity contribution in [2.24, 2.45) is 5.41 Å². The van der Waals surface area contributed by atoms with Gasteiger partial charge in [0, 0.05) is 37.2 Å². The van der Waals surface area contributed by atoms with Gasteiger partial charge >= 0.3 is 12.1 Å². The number of pyridine rings is 1. The van der Waals surface area contributed by atoms with Crippen molar-refractivity contribution in [2.75, 3.05) is 0 Å². The number of halogens is 3. The molecule has 0 N–H and O–H groups in total. The van der Waals surface area contributed by atoms with E-state index in [0.29, 0.717) is 12.8 Å². The maximum absolute atomic E-state index is 12.7. The summed E-state index contributed by atoms with van der Waals surface area (Å²) in [6.07, 6.45) is 0.335. The van der Waals surface area contributed by atoms with Gasteiger partial charge < -0.3 is 9.57 Å². The van der Waals surface area contributed by atoms with E-state index in [-0.39, 0.29) is 30.0 Å². The van der Waals surface area contributed by atoms with Crippen LogP contribution in [-0.4, -0.2) is 34.2 Å². The molecular weight excluding hydrogens is 361 g/mol. The van der Waals surface area contributed by atoms with Gasteiger partial charge in [-0.3, -0.25) is 4.79 Å². The summed E-state index contributed by atoms with van der Waals surface area (Å²) >= 11 is 0. The number of carbonyl (C=O) groups excluding carboxylic acids is 1. The smallest absolute Gasteiger partial charge is 0.417 e. The summed E-state index contributed by atoms with van der Waals surface area (Å²) in [6.45, 7) is 5.47. The molecule has 0 radical (unpaired) electrons. The minimum Gasteiger partial charge on any atom is -0.462 e. The molecule has 1 aromatic rings. The van der Waals surface area contributed by atoms with Crippen LogP contribution in [0.3, 0.4) is 0 Å². The van der Waals surface area contributed by atoms with E-state index in [1.807, 2.05) is 25.8 Å². The normalized spacial score (nSPS) is 26.5. The molecule has 2 unspecified atom stereocenters. The number of nitrogens with zero attached hydrogens (tertiary/aromatic N) is 2. The van der Waals surface area contributed by atoms with Crippen LogP contribution in [0.15, 0.2) is 18.3 Å². The van der Waals surface area contributed by atoms with Gasteiger partial charge in [0.1, 0.15) is 6.10 Å². The number of aromatic nitrogens is 1. The van der Waals surface area contributed by atoms with E-state index >= 15 is 0 Å². The minimum absolute atomic E-state index is 0.0550. The molecule has 2 atom stereocenters. The molecule has 2 aliphatic rings. The van der Waals surface area contributed by atoms with E-state index in [2.05, 4.69) is 4.98 Å². The number of fused-ring (bicyclic) bond motifs is 2. The van der Waals surface area contributed by atoms with Crippen molar-refractivity contribution in [3.05, 3.63) is 23.9 Å². The maximum Gasteiger partial charge on any atom is 0.417 e. The number of alkyl halides is 3. The zero-order valence-electron chi connectivity index (χ0n) is 15.8. The summed E-state index contributed by atoms with van der Waals surface area (Å²) < 4.78 is 43.7. The molecule has 0 saturated carbocycles. The molecule has 27 heavy (non-hydrogen) atoms. The molecule has 2 fully saturated rings. The molecule has 8 heteroatoms. The van der Waals surface area contributed by atoms with Crippen LogP contribution in [0.2, 0.25) is 0 Å². The predicted octanol–water partition coefficient (Wildman–Crippen LogP) is 4.37. The van der Waals surface area contributed by atoms with E-state index in [4.69, 9.17) is 9.57 Å². The van der Waals surface area contributed by atoms with Crippen molar-refractivity contribution in [1.82, 2.24) is 10.0 Å². The van der Waals surface area contributed by atoms with Crippen molar-refractivity contribution < 1.29 is 27.5 Å². The van der Waals surface area contributed by atoms with Crippen LogP contribution in [0.25, 0.3) is 0 Å². The van der Waals surface area contributed by atoms with Gasteiger partial charge in [-0.1, -0.05) is 6.42 Å². The van der Waals surface area contributed by atoms with Gasteiger partial charge in [0.25, 0.3) is 0 Å². The summed E-state index contributed by atoms with van der Waals surface area (Å²) in [5, 5.41) is 1.83. The second-order valence-corrected chi connectivity index (χ2v) is 8.32. The van der Waals surface area contributed by atoms with Crippen molar-refractivity contribution in [3.63, 3.8) is 0 Å². The standard InChI is InChI=1S/C19H25F3N2O3/c1-18(2,3)17(25)26-15-9-13-5-4-6-14(10-15)24(13)27-16-8-7-12(11-23-16)19(20,21)22/h7-8,11,13-15H,4-6,9-10H2,1-3H3. The van der Waals surface area contributed by atoms with Crippen LogP contribution in [0.4, 0.5) is 13.2 Å². The van der Waals surface area contributed by atoms with Crippen molar-refractivity contribution in [2.45, 2.75) is 77.2 Å². The third kappa shape index (κ3) is 4.72. The number of rotatable bonds is 3. The van der Waals surface area contributed by atoms with Crippen LogP contribution in [0, 0.1) is 5.41 Å². The van der Waals surface area contributed by atoms with Crippen LogP contribution < -0.4 is 4.84 Å². The fourth-order valence-corrected chi connectivity index (χ4v) is 3.57. The van der Waals surface area contributed by atoms with Crippen molar-refractivity contribution >= 4 is 5.97 Å². The number of hydrogen-bond donors (Lipinski definition) is 0. The second kappa shape index (κ2) is 7.30. The molecule has 0 aliphatic carbocycles. The molecular formula is C19H25F3N2O3. The lowest BCUT2D eigenvalue weighted by Crippen LogP contribution is -2.55. The lowest BCUT2D eigenvalue weighted by Gasteiger charge is -2.46. The lowest BCUT2D eigenvalue weighted by atomic mass is 9.84. The Bertz CT molecular complexity index is 656. The molecule has 1 aromatic heterocycles. The van der Waals surface area contributed by atoms with E-state index in [9.17, 15) is 18.0 Å². The molecule has 5 nitrogen and oxygen atoms in total. The number of hydroxylamine groups is 2. The first-order valence-corrected chi connectivity index (χ1v) is 9.24. The minimum atomic E-state index is -4.42. The third-order valence-electron chi connectivity index (χ3n) is 5.01. The van der Waals surface area contributed by atoms with Gasteiger partial charge in [-0.25, -0.2) is 4.98 Å². The van der Waals surface area contributed by atoms with Crippen LogP contribution in [0.5, 0.6) is 5.88 Å². The largest absolute Gasteiger partial charge is 0.462 e. The molecule has 150 valence electrons. The molecule has 2 bridgehead atoms. The highest BCUT2D eigenvalue weighted by Gasteiger charge is 2.42. The van der Waals surface area contributed by atoms with Gasteiger partial charge in [0.2, 0.25) is 5.88 Å². The highest BCUT2D eigenvalue weighted by molar-refractivity contribution is 5.75. The Kier molecular flexibility index (Phi) is 5.38. The Hall–Kier alpha value is -1.83. The number of hydrogen-bond acceptors (Lipinski definition) is 5. The fraction of sp³-hybridized carbons (Fsp3) is 0.684. The Morgan fingerprint density at radius 2 is 1.78 bits per heavy atom. The highest BCUT2D eigenvalue weighted by Crippen LogP contribution is 2.37. The van der Waals surface area contributed by atoms with E-state index in [1.165, 1.54) is 6.07 Å². The first kappa shape index (κ1) is 19.9. The lowest BCUT2D eigenvalue weighted by molar-refractivity contribution is -0.200. The Labute approximate surface area is 156 Å². The van der Waals surface area contributed by atoms with E-state index in [1.54, 1.807) is 0 Å². The van der Waals surface area contributed by atoms with E-state index in [0.717, 1.165) is 31.5 Å². The fourth-order valence-electron chi connectivity index (χ4n) is 3.57. The monoisotopic (exact) mass is 386 g/mol. The van der Waals surface area contributed by atoms with Gasteiger partial charge in [0.05, 0.1) is 11.0 Å². The number of piperidine rings is 2. The van der Waals surface area contributed by atoms with Crippen LogP contribution in [0.1, 0.15) is 58.4 Å². The number of carbonyl (C=O) groups is 1. The number of esters is 1. The Balaban J connectivity index is 1.65. The van der Waals surface area contributed by atoms with E-state index < -0.39 is 17.2 Å². The van der Waals surface area contributed by atoms with Crippen molar-refractivity contribution in [3.8, 4) is 5.88 Å². The van der Waals surface area contributed by atoms with Crippen molar-refractivity contribution in [1.29, 1.82) is 0 Å². The first-order chi connectivity index (χ1) is 12.5. The molecule has 2 saturated heterocycles. The zero-order chi connectivity index (χ0) is 19.8. The highest BCUT2D eigenvalue weighted by atomic mass is 19.4. The zero-order valence-corrected chi connectivity index (χ0v) is 15.8. The number of ether oxygens (including phenoxy) is 1. The molecule has 0 amide bonds. The summed E-state index contributed by atoms with van der Waals surface area (Å²) in [6, 6.07) is 2.32. The quantitative estimate of drug-likeness (QED) is 0.722. The van der Waals surface area contributed by atoms with Crippen LogP contribution >= 0.6 is 0 Å². The summed E-state index contributed by atoms with van der Waals surface area (Å²) in [5.74, 6) is -0.0746.